The van der Waals surface area contributed by atoms with Crippen LogP contribution in [0.4, 0.5) is 0 Å². The van der Waals surface area contributed by atoms with E-state index >= 15 is 0 Å². The van der Waals surface area contributed by atoms with Crippen molar-refractivity contribution in [3.63, 3.8) is 0 Å². The molecule has 0 unspecified atom stereocenters. The molecule has 2 heterocycles. The van der Waals surface area contributed by atoms with Gasteiger partial charge in [0.2, 0.25) is 0 Å². The maximum Gasteiger partial charge on any atom is 0.274 e. The van der Waals surface area contributed by atoms with Crippen LogP contribution in [0, 0.1) is 0 Å². The van der Waals surface area contributed by atoms with Gasteiger partial charge in [-0.3, -0.25) is 9.59 Å². The number of hydrogen-bond acceptors (Lipinski definition) is 4. The van der Waals surface area contributed by atoms with Crippen LogP contribution in [0.5, 0.6) is 0 Å². The van der Waals surface area contributed by atoms with Gasteiger partial charge in [-0.2, -0.15) is 0 Å². The van der Waals surface area contributed by atoms with Crippen molar-refractivity contribution in [2.24, 2.45) is 0 Å². The summed E-state index contributed by atoms with van der Waals surface area (Å²) in [6.07, 6.45) is 4.43. The molecule has 4 rings (SSSR count). The number of likely N-dealkylation sites (tertiary alicyclic amines) is 1. The van der Waals surface area contributed by atoms with Gasteiger partial charge in [-0.25, -0.2) is 4.98 Å². The number of benzene rings is 2. The minimum Gasteiger partial charge on any atom is -0.443 e. The zero-order chi connectivity index (χ0) is 20.1. The number of aromatic nitrogens is 1. The lowest BCUT2D eigenvalue weighted by Gasteiger charge is -2.27. The van der Waals surface area contributed by atoms with Gasteiger partial charge >= 0.3 is 0 Å². The van der Waals surface area contributed by atoms with E-state index in [1.807, 2.05) is 47.4 Å². The second kappa shape index (κ2) is 8.73. The number of oxazole rings is 1. The zero-order valence-electron chi connectivity index (χ0n) is 16.1. The molecule has 6 nitrogen and oxygen atoms in total. The molecule has 3 aromatic rings. The standard InChI is InChI=1S/C23H23N3O3/c27-22(24-15-17-9-3-1-4-10-17)20-21(29-16-25-20)18-11-5-6-12-19(18)23(28)26-13-7-2-8-14-26/h1,3-6,9-12,16H,2,7-8,13-15H2,(H,24,27). The highest BCUT2D eigenvalue weighted by Crippen LogP contribution is 2.28. The van der Waals surface area contributed by atoms with Crippen LogP contribution in [-0.4, -0.2) is 34.8 Å². The molecule has 1 fully saturated rings. The van der Waals surface area contributed by atoms with E-state index in [1.54, 1.807) is 12.1 Å². The number of amides is 2. The van der Waals surface area contributed by atoms with Crippen LogP contribution in [0.2, 0.25) is 0 Å². The fourth-order valence-electron chi connectivity index (χ4n) is 3.60. The van der Waals surface area contributed by atoms with Crippen molar-refractivity contribution in [3.8, 4) is 11.3 Å². The summed E-state index contributed by atoms with van der Waals surface area (Å²) < 4.78 is 5.56. The van der Waals surface area contributed by atoms with Gasteiger partial charge in [0.15, 0.2) is 17.8 Å². The van der Waals surface area contributed by atoms with E-state index in [4.69, 9.17) is 4.42 Å². The molecule has 29 heavy (non-hydrogen) atoms. The van der Waals surface area contributed by atoms with E-state index in [2.05, 4.69) is 10.3 Å². The second-order valence-corrected chi connectivity index (χ2v) is 7.10. The van der Waals surface area contributed by atoms with E-state index in [9.17, 15) is 9.59 Å². The van der Waals surface area contributed by atoms with Gasteiger partial charge < -0.3 is 14.6 Å². The molecule has 0 aliphatic carbocycles. The summed E-state index contributed by atoms with van der Waals surface area (Å²) in [5, 5.41) is 2.87. The highest BCUT2D eigenvalue weighted by atomic mass is 16.3. The summed E-state index contributed by atoms with van der Waals surface area (Å²) in [5.41, 5.74) is 2.29. The summed E-state index contributed by atoms with van der Waals surface area (Å²) >= 11 is 0. The largest absolute Gasteiger partial charge is 0.443 e. The van der Waals surface area contributed by atoms with Crippen molar-refractivity contribution in [1.29, 1.82) is 0 Å². The molecule has 0 atom stereocenters. The zero-order valence-corrected chi connectivity index (χ0v) is 16.1. The lowest BCUT2D eigenvalue weighted by atomic mass is 10.0. The van der Waals surface area contributed by atoms with Gasteiger partial charge in [0.1, 0.15) is 0 Å². The first-order chi connectivity index (χ1) is 14.2. The van der Waals surface area contributed by atoms with Gasteiger partial charge in [-0.15, -0.1) is 0 Å². The molecule has 0 radical (unpaired) electrons. The molecule has 1 N–H and O–H groups in total. The highest BCUT2D eigenvalue weighted by Gasteiger charge is 2.25. The molecule has 1 aliphatic heterocycles. The molecule has 1 aliphatic rings. The fraction of sp³-hybridized carbons (Fsp3) is 0.261. The fourth-order valence-corrected chi connectivity index (χ4v) is 3.60. The van der Waals surface area contributed by atoms with E-state index < -0.39 is 0 Å². The third-order valence-electron chi connectivity index (χ3n) is 5.12. The average Bonchev–Trinajstić information content (AvgIpc) is 3.28. The summed E-state index contributed by atoms with van der Waals surface area (Å²) in [5.74, 6) is -0.0540. The quantitative estimate of drug-likeness (QED) is 0.718. The van der Waals surface area contributed by atoms with Crippen LogP contribution in [-0.2, 0) is 6.54 Å². The molecule has 6 heteroatoms. The van der Waals surface area contributed by atoms with Crippen LogP contribution < -0.4 is 5.32 Å². The summed E-state index contributed by atoms with van der Waals surface area (Å²) in [6, 6.07) is 16.9. The highest BCUT2D eigenvalue weighted by molar-refractivity contribution is 6.04. The van der Waals surface area contributed by atoms with Crippen molar-refractivity contribution in [3.05, 3.63) is 77.8 Å². The first-order valence-electron chi connectivity index (χ1n) is 9.88. The summed E-state index contributed by atoms with van der Waals surface area (Å²) in [6.45, 7) is 1.91. The topological polar surface area (TPSA) is 75.4 Å². The van der Waals surface area contributed by atoms with E-state index in [1.165, 1.54) is 6.39 Å². The van der Waals surface area contributed by atoms with Crippen molar-refractivity contribution >= 4 is 11.8 Å². The predicted molar refractivity (Wildman–Crippen MR) is 109 cm³/mol. The number of carbonyl (C=O) groups excluding carboxylic acids is 2. The summed E-state index contributed by atoms with van der Waals surface area (Å²) in [7, 11) is 0. The molecule has 2 aromatic carbocycles. The first kappa shape index (κ1) is 18.9. The third-order valence-corrected chi connectivity index (χ3v) is 5.12. The van der Waals surface area contributed by atoms with Crippen LogP contribution in [0.3, 0.4) is 0 Å². The number of piperidine rings is 1. The Kier molecular flexibility index (Phi) is 5.70. The Morgan fingerprint density at radius 1 is 0.966 bits per heavy atom. The minimum absolute atomic E-state index is 0.0349. The molecular weight excluding hydrogens is 366 g/mol. The molecule has 148 valence electrons. The van der Waals surface area contributed by atoms with E-state index in [-0.39, 0.29) is 17.5 Å². The maximum atomic E-state index is 13.1. The van der Waals surface area contributed by atoms with Crippen molar-refractivity contribution in [2.75, 3.05) is 13.1 Å². The average molecular weight is 389 g/mol. The van der Waals surface area contributed by atoms with Gasteiger partial charge in [0.25, 0.3) is 11.8 Å². The molecular formula is C23H23N3O3. The number of carbonyl (C=O) groups is 2. The minimum atomic E-state index is -0.335. The number of hydrogen-bond donors (Lipinski definition) is 1. The van der Waals surface area contributed by atoms with Crippen LogP contribution >= 0.6 is 0 Å². The Bertz CT molecular complexity index is 991. The normalized spacial score (nSPS) is 13.9. The third kappa shape index (κ3) is 4.21. The summed E-state index contributed by atoms with van der Waals surface area (Å²) in [4.78, 5) is 31.8. The molecule has 0 saturated carbocycles. The lowest BCUT2D eigenvalue weighted by Crippen LogP contribution is -2.35. The predicted octanol–water partition coefficient (Wildman–Crippen LogP) is 3.90. The molecule has 1 aromatic heterocycles. The van der Waals surface area contributed by atoms with Crippen LogP contribution in [0.15, 0.2) is 65.4 Å². The van der Waals surface area contributed by atoms with Gasteiger partial charge in [0, 0.05) is 25.2 Å². The molecule has 2 amide bonds. The Hall–Kier alpha value is -3.41. The molecule has 0 bridgehead atoms. The van der Waals surface area contributed by atoms with Gasteiger partial charge in [0.05, 0.1) is 5.56 Å². The number of rotatable bonds is 5. The van der Waals surface area contributed by atoms with Crippen molar-refractivity contribution in [2.45, 2.75) is 25.8 Å². The monoisotopic (exact) mass is 389 g/mol. The Labute approximate surface area is 169 Å². The van der Waals surface area contributed by atoms with E-state index in [0.717, 1.165) is 37.9 Å². The maximum absolute atomic E-state index is 13.1. The Balaban J connectivity index is 1.58. The lowest BCUT2D eigenvalue weighted by molar-refractivity contribution is 0.0724. The second-order valence-electron chi connectivity index (χ2n) is 7.10. The van der Waals surface area contributed by atoms with Crippen LogP contribution in [0.25, 0.3) is 11.3 Å². The number of nitrogens with one attached hydrogen (secondary N) is 1. The molecule has 1 saturated heterocycles. The first-order valence-corrected chi connectivity index (χ1v) is 9.88. The van der Waals surface area contributed by atoms with Gasteiger partial charge in [-0.1, -0.05) is 48.5 Å². The van der Waals surface area contributed by atoms with Crippen LogP contribution in [0.1, 0.15) is 45.7 Å². The molecule has 0 spiro atoms. The smallest absolute Gasteiger partial charge is 0.274 e. The SMILES string of the molecule is O=C(NCc1ccccc1)c1ncoc1-c1ccccc1C(=O)N1CCCCC1. The number of nitrogens with zero attached hydrogens (tertiary/aromatic N) is 2. The Morgan fingerprint density at radius 2 is 1.69 bits per heavy atom. The Morgan fingerprint density at radius 3 is 2.48 bits per heavy atom. The van der Waals surface area contributed by atoms with E-state index in [0.29, 0.717) is 23.4 Å². The van der Waals surface area contributed by atoms with Crippen molar-refractivity contribution < 1.29 is 14.0 Å². The van der Waals surface area contributed by atoms with Crippen molar-refractivity contribution in [1.82, 2.24) is 15.2 Å². The van der Waals surface area contributed by atoms with Gasteiger partial charge in [-0.05, 0) is 30.9 Å².